The molecule has 0 fully saturated rings. The van der Waals surface area contributed by atoms with Gasteiger partial charge in [-0.15, -0.1) is 5.10 Å². The maximum atomic E-state index is 12.9. The number of fused-ring (bicyclic) bond motifs is 1. The van der Waals surface area contributed by atoms with E-state index in [9.17, 15) is 4.39 Å². The predicted octanol–water partition coefficient (Wildman–Crippen LogP) is 1.95. The van der Waals surface area contributed by atoms with E-state index in [2.05, 4.69) is 10.1 Å². The highest BCUT2D eigenvalue weighted by Crippen LogP contribution is 2.29. The summed E-state index contributed by atoms with van der Waals surface area (Å²) in [7, 11) is 0. The lowest BCUT2D eigenvalue weighted by molar-refractivity contribution is 0.482. The molecule has 1 aromatic heterocycles. The zero-order chi connectivity index (χ0) is 10.3. The third-order valence-electron chi connectivity index (χ3n) is 2.80. The fourth-order valence-corrected chi connectivity index (χ4v) is 2.12. The van der Waals surface area contributed by atoms with E-state index in [1.807, 2.05) is 30.3 Å². The highest BCUT2D eigenvalue weighted by atomic mass is 19.1. The number of benzene rings is 1. The van der Waals surface area contributed by atoms with Crippen LogP contribution in [-0.4, -0.2) is 14.8 Å². The van der Waals surface area contributed by atoms with Gasteiger partial charge in [0.1, 0.15) is 5.82 Å². The molecule has 2 heterocycles. The van der Waals surface area contributed by atoms with Crippen LogP contribution in [0, 0.1) is 6.08 Å². The standard InChI is InChI=1S/C11H10FN3/c12-11-13-10-7-6-9(15(10)14-11)8-4-2-1-3-5-8/h1-5,9H,6-7H2. The number of hydrogen-bond acceptors (Lipinski definition) is 2. The van der Waals surface area contributed by atoms with Gasteiger partial charge in [-0.05, 0) is 12.0 Å². The number of hydrogen-bond donors (Lipinski definition) is 0. The van der Waals surface area contributed by atoms with Crippen molar-refractivity contribution in [1.29, 1.82) is 0 Å². The molecule has 2 aromatic rings. The number of nitrogens with zero attached hydrogens (tertiary/aromatic N) is 3. The molecule has 76 valence electrons. The normalized spacial score (nSPS) is 19.1. The van der Waals surface area contributed by atoms with Gasteiger partial charge in [-0.1, -0.05) is 30.3 Å². The van der Waals surface area contributed by atoms with Crippen LogP contribution < -0.4 is 0 Å². The Labute approximate surface area is 86.6 Å². The molecule has 15 heavy (non-hydrogen) atoms. The smallest absolute Gasteiger partial charge is 0.240 e. The van der Waals surface area contributed by atoms with Gasteiger partial charge in [-0.25, -0.2) is 4.68 Å². The van der Waals surface area contributed by atoms with Crippen molar-refractivity contribution in [1.82, 2.24) is 14.8 Å². The Kier molecular flexibility index (Phi) is 1.80. The van der Waals surface area contributed by atoms with Gasteiger partial charge in [-0.2, -0.15) is 9.37 Å². The third-order valence-corrected chi connectivity index (χ3v) is 2.80. The summed E-state index contributed by atoms with van der Waals surface area (Å²) in [6.45, 7) is 0. The molecule has 3 nitrogen and oxygen atoms in total. The highest BCUT2D eigenvalue weighted by Gasteiger charge is 2.26. The molecule has 0 saturated carbocycles. The lowest BCUT2D eigenvalue weighted by atomic mass is 10.1. The summed E-state index contributed by atoms with van der Waals surface area (Å²) in [5.41, 5.74) is 1.17. The van der Waals surface area contributed by atoms with Crippen LogP contribution in [0.5, 0.6) is 0 Å². The molecule has 0 spiro atoms. The van der Waals surface area contributed by atoms with Crippen LogP contribution in [0.3, 0.4) is 0 Å². The molecule has 1 atom stereocenters. The number of aromatic nitrogens is 3. The molecule has 1 aliphatic heterocycles. The molecule has 1 aliphatic rings. The number of rotatable bonds is 1. The monoisotopic (exact) mass is 203 g/mol. The van der Waals surface area contributed by atoms with E-state index in [0.29, 0.717) is 0 Å². The minimum absolute atomic E-state index is 0.151. The molecule has 0 aliphatic carbocycles. The topological polar surface area (TPSA) is 30.7 Å². The van der Waals surface area contributed by atoms with E-state index in [1.54, 1.807) is 4.68 Å². The van der Waals surface area contributed by atoms with Gasteiger partial charge in [0.2, 0.25) is 0 Å². The van der Waals surface area contributed by atoms with Gasteiger partial charge >= 0.3 is 6.08 Å². The first-order valence-corrected chi connectivity index (χ1v) is 5.00. The summed E-state index contributed by atoms with van der Waals surface area (Å²) in [6.07, 6.45) is 1.14. The zero-order valence-electron chi connectivity index (χ0n) is 8.10. The summed E-state index contributed by atoms with van der Waals surface area (Å²) < 4.78 is 14.6. The Morgan fingerprint density at radius 1 is 1.27 bits per heavy atom. The molecule has 0 saturated heterocycles. The van der Waals surface area contributed by atoms with Crippen LogP contribution in [0.4, 0.5) is 4.39 Å². The summed E-state index contributed by atoms with van der Waals surface area (Å²) in [6, 6.07) is 10.2. The maximum absolute atomic E-state index is 12.9. The van der Waals surface area contributed by atoms with Gasteiger partial charge < -0.3 is 0 Å². The van der Waals surface area contributed by atoms with E-state index in [4.69, 9.17) is 0 Å². The van der Waals surface area contributed by atoms with Crippen molar-refractivity contribution in [3.8, 4) is 0 Å². The van der Waals surface area contributed by atoms with Crippen molar-refractivity contribution < 1.29 is 4.39 Å². The van der Waals surface area contributed by atoms with Crippen LogP contribution in [0.2, 0.25) is 0 Å². The second kappa shape index (κ2) is 3.15. The molecule has 1 unspecified atom stereocenters. The molecule has 1 aromatic carbocycles. The first kappa shape index (κ1) is 8.59. The lowest BCUT2D eigenvalue weighted by Gasteiger charge is -2.10. The summed E-state index contributed by atoms with van der Waals surface area (Å²) >= 11 is 0. The molecule has 3 rings (SSSR count). The van der Waals surface area contributed by atoms with E-state index in [1.165, 1.54) is 5.56 Å². The van der Waals surface area contributed by atoms with Crippen molar-refractivity contribution in [3.05, 3.63) is 47.8 Å². The fourth-order valence-electron chi connectivity index (χ4n) is 2.12. The molecule has 0 N–H and O–H groups in total. The quantitative estimate of drug-likeness (QED) is 0.709. The zero-order valence-corrected chi connectivity index (χ0v) is 8.10. The largest absolute Gasteiger partial charge is 0.327 e. The first-order valence-electron chi connectivity index (χ1n) is 5.00. The molecule has 0 amide bonds. The van der Waals surface area contributed by atoms with Crippen molar-refractivity contribution in [2.45, 2.75) is 18.9 Å². The van der Waals surface area contributed by atoms with Crippen LogP contribution in [0.1, 0.15) is 23.9 Å². The van der Waals surface area contributed by atoms with Crippen LogP contribution in [0.15, 0.2) is 30.3 Å². The van der Waals surface area contributed by atoms with Gasteiger partial charge in [0, 0.05) is 6.42 Å². The third kappa shape index (κ3) is 1.33. The van der Waals surface area contributed by atoms with E-state index in [0.717, 1.165) is 18.7 Å². The SMILES string of the molecule is Fc1nc2n(n1)C(c1ccccc1)CC2. The van der Waals surface area contributed by atoms with Gasteiger partial charge in [0.15, 0.2) is 0 Å². The van der Waals surface area contributed by atoms with E-state index >= 15 is 0 Å². The first-order chi connectivity index (χ1) is 7.34. The summed E-state index contributed by atoms with van der Waals surface area (Å²) in [4.78, 5) is 3.75. The summed E-state index contributed by atoms with van der Waals surface area (Å²) in [5, 5.41) is 3.79. The van der Waals surface area contributed by atoms with Crippen molar-refractivity contribution in [2.75, 3.05) is 0 Å². The highest BCUT2D eigenvalue weighted by molar-refractivity contribution is 5.22. The van der Waals surface area contributed by atoms with Crippen molar-refractivity contribution in [3.63, 3.8) is 0 Å². The Bertz CT molecular complexity index is 478. The Balaban J connectivity index is 2.03. The van der Waals surface area contributed by atoms with E-state index in [-0.39, 0.29) is 6.04 Å². The van der Waals surface area contributed by atoms with Crippen LogP contribution >= 0.6 is 0 Å². The Hall–Kier alpha value is -1.71. The second-order valence-electron chi connectivity index (χ2n) is 3.71. The van der Waals surface area contributed by atoms with Gasteiger partial charge in [0.25, 0.3) is 0 Å². The fraction of sp³-hybridized carbons (Fsp3) is 0.273. The average molecular weight is 203 g/mol. The predicted molar refractivity (Wildman–Crippen MR) is 52.9 cm³/mol. The van der Waals surface area contributed by atoms with Gasteiger partial charge in [0.05, 0.1) is 6.04 Å². The minimum atomic E-state index is -0.620. The molecule has 4 heteroatoms. The summed E-state index contributed by atoms with van der Waals surface area (Å²) in [5.74, 6) is 0.751. The minimum Gasteiger partial charge on any atom is -0.240 e. The van der Waals surface area contributed by atoms with Gasteiger partial charge in [-0.3, -0.25) is 0 Å². The Morgan fingerprint density at radius 2 is 2.07 bits per heavy atom. The van der Waals surface area contributed by atoms with Crippen LogP contribution in [0.25, 0.3) is 0 Å². The molecular formula is C11H10FN3. The molecule has 0 bridgehead atoms. The molecular weight excluding hydrogens is 193 g/mol. The maximum Gasteiger partial charge on any atom is 0.327 e. The second-order valence-corrected chi connectivity index (χ2v) is 3.71. The number of halogens is 1. The average Bonchev–Trinajstić information content (AvgIpc) is 2.77. The number of aryl methyl sites for hydroxylation is 1. The van der Waals surface area contributed by atoms with E-state index < -0.39 is 6.08 Å². The van der Waals surface area contributed by atoms with Crippen LogP contribution in [-0.2, 0) is 6.42 Å². The Morgan fingerprint density at radius 3 is 2.87 bits per heavy atom. The molecule has 0 radical (unpaired) electrons. The van der Waals surface area contributed by atoms with Crippen molar-refractivity contribution in [2.24, 2.45) is 0 Å². The lowest BCUT2D eigenvalue weighted by Crippen LogP contribution is -2.07. The van der Waals surface area contributed by atoms with Crippen molar-refractivity contribution >= 4 is 0 Å².